The number of fused-ring (bicyclic) bond motifs is 1. The summed E-state index contributed by atoms with van der Waals surface area (Å²) in [6.07, 6.45) is 3.79. The highest BCUT2D eigenvalue weighted by molar-refractivity contribution is 7.98. The Hall–Kier alpha value is -3.57. The van der Waals surface area contributed by atoms with Crippen LogP contribution in [0.2, 0.25) is 0 Å². The van der Waals surface area contributed by atoms with E-state index in [9.17, 15) is 0 Å². The van der Waals surface area contributed by atoms with E-state index >= 15 is 0 Å². The number of methoxy groups -OCH3 is 1. The van der Waals surface area contributed by atoms with Crippen LogP contribution in [0.1, 0.15) is 5.56 Å². The first-order valence-electron chi connectivity index (χ1n) is 10.1. The lowest BCUT2D eigenvalue weighted by molar-refractivity contribution is 0.413. The molecule has 2 aromatic heterocycles. The fourth-order valence-corrected chi connectivity index (χ4v) is 4.68. The number of ether oxygens (including phenoxy) is 1. The van der Waals surface area contributed by atoms with E-state index in [0.29, 0.717) is 0 Å². The summed E-state index contributed by atoms with van der Waals surface area (Å²) in [5.74, 6) is 1.65. The fourth-order valence-electron chi connectivity index (χ4n) is 3.72. The van der Waals surface area contributed by atoms with Crippen molar-refractivity contribution < 1.29 is 4.74 Å². The van der Waals surface area contributed by atoms with Crippen molar-refractivity contribution in [1.29, 1.82) is 0 Å². The second kappa shape index (κ2) is 8.66. The lowest BCUT2D eigenvalue weighted by atomic mass is 10.1. The monoisotopic (exact) mass is 423 g/mol. The Morgan fingerprint density at radius 1 is 0.839 bits per heavy atom. The van der Waals surface area contributed by atoms with E-state index in [1.165, 1.54) is 5.56 Å². The predicted octanol–water partition coefficient (Wildman–Crippen LogP) is 6.39. The SMILES string of the molecule is COc1ccccc1-n1cc(-c2ccccc2)c2c(SCc3ccccc3)ncnc21. The number of thioether (sulfide) groups is 1. The van der Waals surface area contributed by atoms with Gasteiger partial charge in [0.25, 0.3) is 0 Å². The molecule has 5 heteroatoms. The van der Waals surface area contributed by atoms with Crippen molar-refractivity contribution in [1.82, 2.24) is 14.5 Å². The zero-order valence-electron chi connectivity index (χ0n) is 17.1. The van der Waals surface area contributed by atoms with Crippen molar-refractivity contribution in [2.24, 2.45) is 0 Å². The zero-order valence-corrected chi connectivity index (χ0v) is 17.9. The summed E-state index contributed by atoms with van der Waals surface area (Å²) in [4.78, 5) is 9.34. The van der Waals surface area contributed by atoms with Crippen molar-refractivity contribution in [3.05, 3.63) is 103 Å². The molecule has 0 aliphatic carbocycles. The topological polar surface area (TPSA) is 39.9 Å². The molecule has 0 N–H and O–H groups in total. The number of hydrogen-bond donors (Lipinski definition) is 0. The minimum Gasteiger partial charge on any atom is -0.495 e. The van der Waals surface area contributed by atoms with Crippen molar-refractivity contribution in [2.75, 3.05) is 7.11 Å². The Balaban J connectivity index is 1.69. The molecule has 5 aromatic rings. The first-order valence-corrected chi connectivity index (χ1v) is 11.1. The molecule has 0 bridgehead atoms. The summed E-state index contributed by atoms with van der Waals surface area (Å²) < 4.78 is 7.73. The third-order valence-corrected chi connectivity index (χ3v) is 6.26. The third kappa shape index (κ3) is 3.80. The van der Waals surface area contributed by atoms with Gasteiger partial charge in [0.1, 0.15) is 22.7 Å². The van der Waals surface area contributed by atoms with Gasteiger partial charge in [0.15, 0.2) is 0 Å². The Bertz CT molecular complexity index is 1320. The summed E-state index contributed by atoms with van der Waals surface area (Å²) >= 11 is 1.73. The molecular weight excluding hydrogens is 402 g/mol. The minimum atomic E-state index is 0.802. The van der Waals surface area contributed by atoms with Crippen LogP contribution in [-0.2, 0) is 5.75 Å². The molecule has 31 heavy (non-hydrogen) atoms. The number of benzene rings is 3. The molecule has 0 radical (unpaired) electrons. The van der Waals surface area contributed by atoms with Gasteiger partial charge in [0, 0.05) is 17.5 Å². The lowest BCUT2D eigenvalue weighted by Crippen LogP contribution is -1.98. The molecule has 4 nitrogen and oxygen atoms in total. The van der Waals surface area contributed by atoms with Crippen molar-refractivity contribution in [2.45, 2.75) is 10.8 Å². The summed E-state index contributed by atoms with van der Waals surface area (Å²) in [6.45, 7) is 0. The maximum Gasteiger partial charge on any atom is 0.149 e. The van der Waals surface area contributed by atoms with Gasteiger partial charge in [0.05, 0.1) is 18.2 Å². The van der Waals surface area contributed by atoms with Gasteiger partial charge in [-0.25, -0.2) is 9.97 Å². The predicted molar refractivity (Wildman–Crippen MR) is 127 cm³/mol. The Kier molecular flexibility index (Phi) is 5.42. The van der Waals surface area contributed by atoms with Gasteiger partial charge in [-0.15, -0.1) is 11.8 Å². The van der Waals surface area contributed by atoms with Crippen LogP contribution >= 0.6 is 11.8 Å². The van der Waals surface area contributed by atoms with Crippen molar-refractivity contribution >= 4 is 22.8 Å². The second-order valence-corrected chi connectivity index (χ2v) is 8.07. The molecule has 0 unspecified atom stereocenters. The number of aromatic nitrogens is 3. The van der Waals surface area contributed by atoms with E-state index in [1.807, 2.05) is 36.4 Å². The van der Waals surface area contributed by atoms with Crippen LogP contribution in [0.3, 0.4) is 0 Å². The second-order valence-electron chi connectivity index (χ2n) is 7.10. The molecule has 0 aliphatic heterocycles. The van der Waals surface area contributed by atoms with E-state index in [2.05, 4.69) is 69.3 Å². The summed E-state index contributed by atoms with van der Waals surface area (Å²) in [7, 11) is 1.69. The zero-order chi connectivity index (χ0) is 21.0. The first kappa shape index (κ1) is 19.4. The molecular formula is C26H21N3OS. The molecule has 2 heterocycles. The number of hydrogen-bond acceptors (Lipinski definition) is 4. The molecule has 5 rings (SSSR count). The van der Waals surface area contributed by atoms with Crippen LogP contribution in [-0.4, -0.2) is 21.6 Å². The van der Waals surface area contributed by atoms with Gasteiger partial charge in [-0.1, -0.05) is 72.8 Å². The highest BCUT2D eigenvalue weighted by Crippen LogP contribution is 2.38. The van der Waals surface area contributed by atoms with E-state index in [0.717, 1.165) is 44.4 Å². The highest BCUT2D eigenvalue weighted by atomic mass is 32.2. The van der Waals surface area contributed by atoms with Crippen LogP contribution < -0.4 is 4.74 Å². The molecule has 0 saturated carbocycles. The van der Waals surface area contributed by atoms with E-state index in [4.69, 9.17) is 4.74 Å². The molecule has 0 spiro atoms. The Morgan fingerprint density at radius 3 is 2.32 bits per heavy atom. The number of para-hydroxylation sites is 2. The molecule has 152 valence electrons. The van der Waals surface area contributed by atoms with Gasteiger partial charge in [-0.05, 0) is 23.3 Å². The van der Waals surface area contributed by atoms with Gasteiger partial charge in [-0.3, -0.25) is 4.57 Å². The maximum atomic E-state index is 5.63. The molecule has 3 aromatic carbocycles. The summed E-state index contributed by atoms with van der Waals surface area (Å²) in [6, 6.07) is 28.9. The average Bonchev–Trinajstić information content (AvgIpc) is 3.24. The van der Waals surface area contributed by atoms with Crippen LogP contribution in [0.25, 0.3) is 27.8 Å². The van der Waals surface area contributed by atoms with Gasteiger partial charge >= 0.3 is 0 Å². The minimum absolute atomic E-state index is 0.802. The van der Waals surface area contributed by atoms with Crippen LogP contribution in [0.15, 0.2) is 102 Å². The normalized spacial score (nSPS) is 11.0. The standard InChI is InChI=1S/C26H21N3OS/c1-30-23-15-9-8-14-22(23)29-16-21(20-12-6-3-7-13-20)24-25(29)27-18-28-26(24)31-17-19-10-4-2-5-11-19/h2-16,18H,17H2,1H3. The van der Waals surface area contributed by atoms with Gasteiger partial charge in [0.2, 0.25) is 0 Å². The maximum absolute atomic E-state index is 5.63. The highest BCUT2D eigenvalue weighted by Gasteiger charge is 2.19. The Labute approximate surface area is 185 Å². The molecule has 0 saturated heterocycles. The van der Waals surface area contributed by atoms with E-state index < -0.39 is 0 Å². The smallest absolute Gasteiger partial charge is 0.149 e. The third-order valence-electron chi connectivity index (χ3n) is 5.20. The molecule has 0 aliphatic rings. The summed E-state index contributed by atoms with van der Waals surface area (Å²) in [5, 5.41) is 2.03. The quantitative estimate of drug-likeness (QED) is 0.234. The summed E-state index contributed by atoms with van der Waals surface area (Å²) in [5.41, 5.74) is 5.34. The largest absolute Gasteiger partial charge is 0.495 e. The van der Waals surface area contributed by atoms with E-state index in [1.54, 1.807) is 25.2 Å². The van der Waals surface area contributed by atoms with Crippen molar-refractivity contribution in [3.8, 4) is 22.6 Å². The molecule has 0 amide bonds. The number of nitrogens with zero attached hydrogens (tertiary/aromatic N) is 3. The lowest BCUT2D eigenvalue weighted by Gasteiger charge is -2.10. The number of rotatable bonds is 6. The van der Waals surface area contributed by atoms with Crippen LogP contribution in [0.5, 0.6) is 5.75 Å². The van der Waals surface area contributed by atoms with Gasteiger partial charge in [-0.2, -0.15) is 0 Å². The van der Waals surface area contributed by atoms with Crippen molar-refractivity contribution in [3.63, 3.8) is 0 Å². The van der Waals surface area contributed by atoms with Gasteiger partial charge < -0.3 is 4.74 Å². The van der Waals surface area contributed by atoms with E-state index in [-0.39, 0.29) is 0 Å². The molecule has 0 atom stereocenters. The molecule has 0 fully saturated rings. The fraction of sp³-hybridized carbons (Fsp3) is 0.0769. The van der Waals surface area contributed by atoms with Crippen LogP contribution in [0.4, 0.5) is 0 Å². The first-order chi connectivity index (χ1) is 15.3. The Morgan fingerprint density at radius 2 is 1.55 bits per heavy atom. The van der Waals surface area contributed by atoms with Crippen LogP contribution in [0, 0.1) is 0 Å². The average molecular weight is 424 g/mol.